The summed E-state index contributed by atoms with van der Waals surface area (Å²) in [5.74, 6) is 0.117. The van der Waals surface area contributed by atoms with E-state index in [-0.39, 0.29) is 18.0 Å². The van der Waals surface area contributed by atoms with Crippen molar-refractivity contribution in [3.05, 3.63) is 23.5 Å². The number of likely N-dealkylation sites (tertiary alicyclic amines) is 1. The molecule has 0 radical (unpaired) electrons. The average Bonchev–Trinajstić information content (AvgIpc) is 2.56. The van der Waals surface area contributed by atoms with Gasteiger partial charge in [0.15, 0.2) is 0 Å². The number of carbonyl (C=O) groups excluding carboxylic acids is 1. The molecule has 17 heavy (non-hydrogen) atoms. The van der Waals surface area contributed by atoms with Crippen molar-refractivity contribution in [2.24, 2.45) is 5.73 Å². The minimum atomic E-state index is -0.175. The van der Waals surface area contributed by atoms with E-state index in [0.717, 1.165) is 24.4 Å². The summed E-state index contributed by atoms with van der Waals surface area (Å²) in [5.41, 5.74) is 7.69. The van der Waals surface area contributed by atoms with Gasteiger partial charge in [-0.1, -0.05) is 6.92 Å². The fourth-order valence-corrected chi connectivity index (χ4v) is 2.27. The van der Waals surface area contributed by atoms with Gasteiger partial charge < -0.3 is 10.6 Å². The van der Waals surface area contributed by atoms with Gasteiger partial charge in [0.2, 0.25) is 5.91 Å². The van der Waals surface area contributed by atoms with Gasteiger partial charge in [0.1, 0.15) is 0 Å². The Balaban J connectivity index is 2.28. The van der Waals surface area contributed by atoms with Crippen LogP contribution in [0.3, 0.4) is 0 Å². The summed E-state index contributed by atoms with van der Waals surface area (Å²) >= 11 is 0. The number of hydrogen-bond acceptors (Lipinski definition) is 4. The van der Waals surface area contributed by atoms with Crippen molar-refractivity contribution in [2.75, 3.05) is 6.54 Å². The van der Waals surface area contributed by atoms with Crippen LogP contribution in [0.2, 0.25) is 0 Å². The Labute approximate surface area is 101 Å². The molecule has 1 aromatic heterocycles. The van der Waals surface area contributed by atoms with Crippen molar-refractivity contribution in [1.29, 1.82) is 0 Å². The van der Waals surface area contributed by atoms with Gasteiger partial charge in [0, 0.05) is 19.0 Å². The summed E-state index contributed by atoms with van der Waals surface area (Å²) in [6.07, 6.45) is 1.33. The highest BCUT2D eigenvalue weighted by atomic mass is 16.2. The minimum Gasteiger partial charge on any atom is -0.332 e. The second-order valence-corrected chi connectivity index (χ2v) is 4.50. The smallest absolute Gasteiger partial charge is 0.224 e. The second kappa shape index (κ2) is 4.79. The highest BCUT2D eigenvalue weighted by molar-refractivity contribution is 5.80. The average molecular weight is 234 g/mol. The Kier molecular flexibility index (Phi) is 3.38. The molecule has 2 heterocycles. The highest BCUT2D eigenvalue weighted by Gasteiger charge is 2.38. The first kappa shape index (κ1) is 12.0. The Morgan fingerprint density at radius 1 is 1.47 bits per heavy atom. The molecule has 1 aromatic rings. The maximum Gasteiger partial charge on any atom is 0.224 e. The van der Waals surface area contributed by atoms with E-state index in [1.165, 1.54) is 0 Å². The number of carbonyl (C=O) groups is 1. The molecule has 2 N–H and O–H groups in total. The lowest BCUT2D eigenvalue weighted by Gasteiger charge is -2.25. The van der Waals surface area contributed by atoms with Gasteiger partial charge >= 0.3 is 0 Å². The zero-order valence-electron chi connectivity index (χ0n) is 10.3. The van der Waals surface area contributed by atoms with E-state index in [1.54, 1.807) is 0 Å². The molecule has 0 unspecified atom stereocenters. The van der Waals surface area contributed by atoms with Crippen LogP contribution in [0.25, 0.3) is 0 Å². The molecule has 1 amide bonds. The van der Waals surface area contributed by atoms with E-state index in [9.17, 15) is 4.79 Å². The molecule has 92 valence electrons. The first-order valence-electron chi connectivity index (χ1n) is 5.98. The molecule has 2 rings (SSSR count). The molecule has 5 heteroatoms. The molecular weight excluding hydrogens is 216 g/mol. The lowest BCUT2D eigenvalue weighted by atomic mass is 10.1. The van der Waals surface area contributed by atoms with Crippen LogP contribution in [-0.2, 0) is 4.79 Å². The molecule has 1 aliphatic rings. The Bertz CT molecular complexity index is 403. The van der Waals surface area contributed by atoms with Gasteiger partial charge in [0.05, 0.1) is 17.4 Å². The van der Waals surface area contributed by atoms with Gasteiger partial charge in [-0.05, 0) is 25.5 Å². The SMILES string of the molecule is CCCN1C(=O)C[C@H](N)[C@H]1c1ccc(C)nn1. The first-order chi connectivity index (χ1) is 8.13. The predicted octanol–water partition coefficient (Wildman–Crippen LogP) is 0.796. The molecule has 1 fully saturated rings. The van der Waals surface area contributed by atoms with E-state index in [2.05, 4.69) is 17.1 Å². The Morgan fingerprint density at radius 3 is 2.82 bits per heavy atom. The lowest BCUT2D eigenvalue weighted by molar-refractivity contribution is -0.129. The fraction of sp³-hybridized carbons (Fsp3) is 0.583. The number of rotatable bonds is 3. The molecule has 0 bridgehead atoms. The molecule has 0 aromatic carbocycles. The van der Waals surface area contributed by atoms with Crippen LogP contribution in [0, 0.1) is 6.92 Å². The number of aryl methyl sites for hydroxylation is 1. The maximum absolute atomic E-state index is 11.8. The summed E-state index contributed by atoms with van der Waals surface area (Å²) in [6, 6.07) is 3.53. The topological polar surface area (TPSA) is 72.1 Å². The largest absolute Gasteiger partial charge is 0.332 e. The summed E-state index contributed by atoms with van der Waals surface area (Å²) < 4.78 is 0. The molecule has 0 spiro atoms. The van der Waals surface area contributed by atoms with Crippen molar-refractivity contribution in [2.45, 2.75) is 38.8 Å². The van der Waals surface area contributed by atoms with Crippen LogP contribution >= 0.6 is 0 Å². The monoisotopic (exact) mass is 234 g/mol. The van der Waals surface area contributed by atoms with Crippen LogP contribution in [0.1, 0.15) is 37.2 Å². The predicted molar refractivity (Wildman–Crippen MR) is 64.1 cm³/mol. The minimum absolute atomic E-state index is 0.115. The van der Waals surface area contributed by atoms with Crippen molar-refractivity contribution in [3.63, 3.8) is 0 Å². The fourth-order valence-electron chi connectivity index (χ4n) is 2.27. The molecule has 0 aliphatic carbocycles. The normalized spacial score (nSPS) is 24.4. The van der Waals surface area contributed by atoms with Crippen LogP contribution < -0.4 is 5.73 Å². The van der Waals surface area contributed by atoms with E-state index in [0.29, 0.717) is 6.42 Å². The van der Waals surface area contributed by atoms with Gasteiger partial charge in [0.25, 0.3) is 0 Å². The van der Waals surface area contributed by atoms with E-state index in [1.807, 2.05) is 24.0 Å². The standard InChI is InChI=1S/C12H18N4O/c1-3-6-16-11(17)7-9(13)12(16)10-5-4-8(2)14-15-10/h4-5,9,12H,3,6-7,13H2,1-2H3/t9-,12-/m0/s1. The first-order valence-corrected chi connectivity index (χ1v) is 5.98. The Morgan fingerprint density at radius 2 is 2.24 bits per heavy atom. The quantitative estimate of drug-likeness (QED) is 0.839. The number of amides is 1. The summed E-state index contributed by atoms with van der Waals surface area (Å²) in [4.78, 5) is 13.6. The number of nitrogens with zero attached hydrogens (tertiary/aromatic N) is 3. The third-order valence-electron chi connectivity index (χ3n) is 3.06. The third-order valence-corrected chi connectivity index (χ3v) is 3.06. The summed E-state index contributed by atoms with van der Waals surface area (Å²) in [7, 11) is 0. The number of nitrogens with two attached hydrogens (primary N) is 1. The van der Waals surface area contributed by atoms with E-state index in [4.69, 9.17) is 5.73 Å². The van der Waals surface area contributed by atoms with E-state index >= 15 is 0 Å². The van der Waals surface area contributed by atoms with Gasteiger partial charge in [-0.2, -0.15) is 10.2 Å². The number of hydrogen-bond donors (Lipinski definition) is 1. The summed E-state index contributed by atoms with van der Waals surface area (Å²) in [6.45, 7) is 4.67. The van der Waals surface area contributed by atoms with Crippen LogP contribution in [0.5, 0.6) is 0 Å². The van der Waals surface area contributed by atoms with Gasteiger partial charge in [-0.15, -0.1) is 0 Å². The molecule has 0 saturated carbocycles. The van der Waals surface area contributed by atoms with Gasteiger partial charge in [-0.3, -0.25) is 4.79 Å². The zero-order chi connectivity index (χ0) is 12.4. The summed E-state index contributed by atoms with van der Waals surface area (Å²) in [5, 5.41) is 8.19. The zero-order valence-corrected chi connectivity index (χ0v) is 10.3. The Hall–Kier alpha value is -1.49. The van der Waals surface area contributed by atoms with Crippen molar-refractivity contribution in [1.82, 2.24) is 15.1 Å². The highest BCUT2D eigenvalue weighted by Crippen LogP contribution is 2.30. The van der Waals surface area contributed by atoms with E-state index < -0.39 is 0 Å². The molecule has 5 nitrogen and oxygen atoms in total. The van der Waals surface area contributed by atoms with Crippen LogP contribution in [0.15, 0.2) is 12.1 Å². The van der Waals surface area contributed by atoms with Crippen LogP contribution in [0.4, 0.5) is 0 Å². The van der Waals surface area contributed by atoms with Crippen molar-refractivity contribution in [3.8, 4) is 0 Å². The number of aromatic nitrogens is 2. The van der Waals surface area contributed by atoms with Crippen molar-refractivity contribution >= 4 is 5.91 Å². The second-order valence-electron chi connectivity index (χ2n) is 4.50. The molecule has 2 atom stereocenters. The third kappa shape index (κ3) is 2.29. The lowest BCUT2D eigenvalue weighted by Crippen LogP contribution is -2.34. The van der Waals surface area contributed by atoms with Crippen LogP contribution in [-0.4, -0.2) is 33.6 Å². The molecule has 1 saturated heterocycles. The maximum atomic E-state index is 11.8. The molecule has 1 aliphatic heterocycles. The van der Waals surface area contributed by atoms with Gasteiger partial charge in [-0.25, -0.2) is 0 Å². The van der Waals surface area contributed by atoms with Crippen molar-refractivity contribution < 1.29 is 4.79 Å². The molecular formula is C12H18N4O.